The summed E-state index contributed by atoms with van der Waals surface area (Å²) in [6.07, 6.45) is 9.14. The number of aromatic nitrogens is 2. The quantitative estimate of drug-likeness (QED) is 0.134. The molecule has 0 saturated carbocycles. The molecule has 0 unspecified atom stereocenters. The molecular formula is C73H48N2. The predicted octanol–water partition coefficient (Wildman–Crippen LogP) is 18.9. The third-order valence-corrected chi connectivity index (χ3v) is 15.9. The molecule has 0 saturated heterocycles. The molecule has 2 aromatic heterocycles. The molecule has 75 heavy (non-hydrogen) atoms. The van der Waals surface area contributed by atoms with Crippen molar-refractivity contribution in [1.29, 1.82) is 0 Å². The molecule has 0 fully saturated rings. The minimum atomic E-state index is -0.550. The minimum absolute atomic E-state index is 0.550. The van der Waals surface area contributed by atoms with Crippen LogP contribution in [0.15, 0.2) is 267 Å². The maximum Gasteiger partial charge on any atom is 0.0713 e. The highest BCUT2D eigenvalue weighted by Crippen LogP contribution is 2.56. The fourth-order valence-electron chi connectivity index (χ4n) is 12.6. The normalized spacial score (nSPS) is 13.1. The van der Waals surface area contributed by atoms with Crippen LogP contribution in [-0.2, 0) is 5.41 Å². The van der Waals surface area contributed by atoms with Gasteiger partial charge in [0.2, 0.25) is 0 Å². The first-order valence-corrected chi connectivity index (χ1v) is 26.0. The van der Waals surface area contributed by atoms with Gasteiger partial charge in [-0.05, 0) is 127 Å². The lowest BCUT2D eigenvalue weighted by molar-refractivity contribution is 0.768. The van der Waals surface area contributed by atoms with Crippen molar-refractivity contribution in [3.8, 4) is 22.5 Å². The maximum absolute atomic E-state index is 2.44. The Morgan fingerprint density at radius 1 is 0.253 bits per heavy atom. The zero-order valence-corrected chi connectivity index (χ0v) is 41.1. The Balaban J connectivity index is 0.824. The first kappa shape index (κ1) is 42.9. The Labute approximate surface area is 435 Å². The van der Waals surface area contributed by atoms with Gasteiger partial charge in [0.1, 0.15) is 0 Å². The van der Waals surface area contributed by atoms with Crippen molar-refractivity contribution in [1.82, 2.24) is 9.13 Å². The van der Waals surface area contributed by atoms with E-state index in [9.17, 15) is 0 Å². The molecule has 1 aliphatic rings. The number of nitrogens with zero attached hydrogens (tertiary/aromatic N) is 2. The predicted molar refractivity (Wildman–Crippen MR) is 318 cm³/mol. The molecule has 2 heterocycles. The summed E-state index contributed by atoms with van der Waals surface area (Å²) < 4.78 is 4.86. The van der Waals surface area contributed by atoms with Gasteiger partial charge in [0.05, 0.1) is 38.9 Å². The van der Waals surface area contributed by atoms with Crippen LogP contribution in [0.4, 0.5) is 0 Å². The Morgan fingerprint density at radius 2 is 0.600 bits per heavy atom. The van der Waals surface area contributed by atoms with E-state index in [1.807, 2.05) is 0 Å². The summed E-state index contributed by atoms with van der Waals surface area (Å²) in [4.78, 5) is 0. The van der Waals surface area contributed by atoms with Gasteiger partial charge in [-0.1, -0.05) is 231 Å². The monoisotopic (exact) mass is 952 g/mol. The largest absolute Gasteiger partial charge is 0.309 e. The lowest BCUT2D eigenvalue weighted by Crippen LogP contribution is -2.28. The lowest BCUT2D eigenvalue weighted by atomic mass is 9.67. The summed E-state index contributed by atoms with van der Waals surface area (Å²) in [6.45, 7) is 0. The third-order valence-electron chi connectivity index (χ3n) is 15.9. The number of benzene rings is 12. The van der Waals surface area contributed by atoms with E-state index in [0.29, 0.717) is 0 Å². The van der Waals surface area contributed by atoms with Crippen molar-refractivity contribution < 1.29 is 0 Å². The molecule has 14 aromatic rings. The van der Waals surface area contributed by atoms with Crippen LogP contribution >= 0.6 is 0 Å². The molecule has 12 aromatic carbocycles. The minimum Gasteiger partial charge on any atom is -0.309 e. The van der Waals surface area contributed by atoms with Crippen LogP contribution in [0.1, 0.15) is 44.5 Å². The van der Waals surface area contributed by atoms with Gasteiger partial charge in [0.15, 0.2) is 0 Å². The molecule has 2 nitrogen and oxygen atoms in total. The molecule has 0 amide bonds. The lowest BCUT2D eigenvalue weighted by Gasteiger charge is -2.34. The highest BCUT2D eigenvalue weighted by atomic mass is 15.0. The second kappa shape index (κ2) is 17.2. The molecule has 0 N–H and O–H groups in total. The molecule has 15 rings (SSSR count). The van der Waals surface area contributed by atoms with Gasteiger partial charge in [0.25, 0.3) is 0 Å². The van der Waals surface area contributed by atoms with E-state index in [4.69, 9.17) is 0 Å². The highest BCUT2D eigenvalue weighted by Gasteiger charge is 2.46. The van der Waals surface area contributed by atoms with Gasteiger partial charge >= 0.3 is 0 Å². The standard InChI is InChI=1S/C73H48N2/c1-3-21-55(22-4-1)73(56-23-5-2-6-24-56)65-47-51(35-33-49-39-43-71-63(45-49)61-27-11-13-29-69(61)74(71)67-31-15-19-53-17-7-9-25-57(53)67)37-41-59(65)60-42-38-52(48-66(60)73)36-34-50-40-44-72-64(46-50)62-28-12-14-30-70(62)75(72)68-32-16-20-54-18-8-10-26-58(54)68/h1-48H/b35-33+,36-34+. The Bertz CT molecular complexity index is 4330. The molecule has 0 bridgehead atoms. The van der Waals surface area contributed by atoms with Crippen LogP contribution in [-0.4, -0.2) is 9.13 Å². The molecule has 0 aliphatic heterocycles. The number of fused-ring (bicyclic) bond motifs is 11. The van der Waals surface area contributed by atoms with Gasteiger partial charge in [-0.2, -0.15) is 0 Å². The van der Waals surface area contributed by atoms with Gasteiger partial charge in [-0.25, -0.2) is 0 Å². The van der Waals surface area contributed by atoms with Crippen molar-refractivity contribution in [3.05, 3.63) is 311 Å². The summed E-state index contributed by atoms with van der Waals surface area (Å²) in [5.41, 5.74) is 18.9. The molecular weight excluding hydrogens is 905 g/mol. The fourth-order valence-corrected chi connectivity index (χ4v) is 12.6. The molecule has 0 radical (unpaired) electrons. The fraction of sp³-hybridized carbons (Fsp3) is 0.0137. The van der Waals surface area contributed by atoms with Crippen molar-refractivity contribution in [2.75, 3.05) is 0 Å². The Kier molecular flexibility index (Phi) is 9.83. The summed E-state index contributed by atoms with van der Waals surface area (Å²) in [5, 5.41) is 9.94. The van der Waals surface area contributed by atoms with E-state index < -0.39 is 5.41 Å². The second-order valence-corrected chi connectivity index (χ2v) is 20.0. The van der Waals surface area contributed by atoms with Gasteiger partial charge < -0.3 is 9.13 Å². The van der Waals surface area contributed by atoms with Crippen molar-refractivity contribution in [3.63, 3.8) is 0 Å². The number of rotatable bonds is 8. The van der Waals surface area contributed by atoms with Crippen molar-refractivity contribution >= 4 is 89.5 Å². The van der Waals surface area contributed by atoms with E-state index in [0.717, 1.165) is 22.3 Å². The van der Waals surface area contributed by atoms with Crippen LogP contribution in [0.25, 0.3) is 112 Å². The SMILES string of the molecule is C(=C\c1ccc2c(c1)c1ccccc1n2-c1cccc2ccccc12)/c1ccc2c(c1)C(c1ccccc1)(c1ccccc1)c1cc(/C=C/c3ccc4c(c3)c3ccccc3n4-c3cccc4ccccc34)ccc1-2. The van der Waals surface area contributed by atoms with Crippen LogP contribution in [0.3, 0.4) is 0 Å². The molecule has 0 atom stereocenters. The average molecular weight is 953 g/mol. The zero-order valence-electron chi connectivity index (χ0n) is 41.1. The summed E-state index contributed by atoms with van der Waals surface area (Å²) in [7, 11) is 0. The highest BCUT2D eigenvalue weighted by molar-refractivity contribution is 6.13. The topological polar surface area (TPSA) is 9.86 Å². The maximum atomic E-state index is 2.44. The van der Waals surface area contributed by atoms with Crippen LogP contribution in [0.5, 0.6) is 0 Å². The second-order valence-electron chi connectivity index (χ2n) is 20.0. The summed E-state index contributed by atoms with van der Waals surface area (Å²) >= 11 is 0. The number of para-hydroxylation sites is 2. The van der Waals surface area contributed by atoms with E-state index in [1.54, 1.807) is 0 Å². The average Bonchev–Trinajstić information content (AvgIpc) is 4.09. The van der Waals surface area contributed by atoms with E-state index in [2.05, 4.69) is 300 Å². The van der Waals surface area contributed by atoms with Crippen LogP contribution in [0.2, 0.25) is 0 Å². The van der Waals surface area contributed by atoms with Gasteiger partial charge in [0, 0.05) is 32.3 Å². The van der Waals surface area contributed by atoms with Crippen molar-refractivity contribution in [2.24, 2.45) is 0 Å². The molecule has 350 valence electrons. The summed E-state index contributed by atoms with van der Waals surface area (Å²) in [6, 6.07) is 98.4. The van der Waals surface area contributed by atoms with Gasteiger partial charge in [-0.3, -0.25) is 0 Å². The molecule has 0 spiro atoms. The molecule has 1 aliphatic carbocycles. The first-order chi connectivity index (χ1) is 37.2. The van der Waals surface area contributed by atoms with E-state index >= 15 is 0 Å². The van der Waals surface area contributed by atoms with Gasteiger partial charge in [-0.15, -0.1) is 0 Å². The van der Waals surface area contributed by atoms with E-state index in [-0.39, 0.29) is 0 Å². The van der Waals surface area contributed by atoms with E-state index in [1.165, 1.54) is 110 Å². The van der Waals surface area contributed by atoms with Crippen molar-refractivity contribution in [2.45, 2.75) is 5.41 Å². The zero-order chi connectivity index (χ0) is 49.5. The number of hydrogen-bond acceptors (Lipinski definition) is 0. The number of hydrogen-bond donors (Lipinski definition) is 0. The first-order valence-electron chi connectivity index (χ1n) is 26.0. The summed E-state index contributed by atoms with van der Waals surface area (Å²) in [5.74, 6) is 0. The Morgan fingerprint density at radius 3 is 1.05 bits per heavy atom. The smallest absolute Gasteiger partial charge is 0.0713 e. The van der Waals surface area contributed by atoms with Crippen LogP contribution < -0.4 is 0 Å². The van der Waals surface area contributed by atoms with Crippen LogP contribution in [0, 0.1) is 0 Å². The third kappa shape index (κ3) is 6.73. The Hall–Kier alpha value is -9.76. The molecule has 2 heteroatoms.